The van der Waals surface area contributed by atoms with Crippen molar-refractivity contribution in [3.63, 3.8) is 0 Å². The summed E-state index contributed by atoms with van der Waals surface area (Å²) in [7, 11) is 1.62. The molecule has 182 valence electrons. The van der Waals surface area contributed by atoms with E-state index >= 15 is 0 Å². The maximum absolute atomic E-state index is 13.0. The topological polar surface area (TPSA) is 37.7 Å². The van der Waals surface area contributed by atoms with E-state index < -0.39 is 11.7 Å². The summed E-state index contributed by atoms with van der Waals surface area (Å²) in [6.45, 7) is 4.03. The van der Waals surface area contributed by atoms with Crippen molar-refractivity contribution < 1.29 is 22.7 Å². The number of hydrogen-bond donors (Lipinski definition) is 0. The molecule has 1 fully saturated rings. The Morgan fingerprint density at radius 1 is 0.941 bits per heavy atom. The molecule has 0 atom stereocenters. The highest BCUT2D eigenvalue weighted by atomic mass is 19.4. The molecule has 2 aromatic carbocycles. The maximum Gasteiger partial charge on any atom is 0.416 e. The first-order valence-corrected chi connectivity index (χ1v) is 11.7. The van der Waals surface area contributed by atoms with Gasteiger partial charge >= 0.3 is 6.18 Å². The Bertz CT molecular complexity index is 1120. The summed E-state index contributed by atoms with van der Waals surface area (Å²) in [5.74, 6) is 0.859. The quantitative estimate of drug-likeness (QED) is 0.394. The van der Waals surface area contributed by atoms with Crippen molar-refractivity contribution in [1.29, 1.82) is 0 Å². The van der Waals surface area contributed by atoms with E-state index in [1.54, 1.807) is 17.7 Å². The first-order chi connectivity index (χ1) is 16.3. The number of hydrogen-bond acceptors (Lipinski definition) is 4. The maximum atomic E-state index is 13.0. The van der Waals surface area contributed by atoms with Crippen LogP contribution in [0.15, 0.2) is 54.9 Å². The van der Waals surface area contributed by atoms with Gasteiger partial charge in [0, 0.05) is 61.5 Å². The fraction of sp³-hybridized carbons (Fsp3) is 0.423. The Hall–Kier alpha value is -3.00. The Labute approximate surface area is 197 Å². The lowest BCUT2D eigenvalue weighted by Gasteiger charge is -2.36. The molecular formula is C26H30F3N3O2. The molecule has 1 saturated heterocycles. The van der Waals surface area contributed by atoms with Crippen LogP contribution in [0.25, 0.3) is 10.8 Å². The van der Waals surface area contributed by atoms with Crippen molar-refractivity contribution in [2.75, 3.05) is 44.7 Å². The second-order valence-corrected chi connectivity index (χ2v) is 8.74. The third-order valence-electron chi connectivity index (χ3n) is 6.41. The Morgan fingerprint density at radius 2 is 1.71 bits per heavy atom. The van der Waals surface area contributed by atoms with Crippen LogP contribution in [0, 0.1) is 0 Å². The monoisotopic (exact) mass is 473 g/mol. The van der Waals surface area contributed by atoms with Gasteiger partial charge in [-0.3, -0.25) is 14.3 Å². The minimum atomic E-state index is -4.32. The fourth-order valence-electron chi connectivity index (χ4n) is 4.42. The van der Waals surface area contributed by atoms with Gasteiger partial charge in [0.05, 0.1) is 12.7 Å². The van der Waals surface area contributed by atoms with Crippen LogP contribution in [-0.4, -0.2) is 55.2 Å². The number of alkyl halides is 3. The molecule has 0 unspecified atom stereocenters. The number of nitrogens with zero attached hydrogens (tertiary/aromatic N) is 3. The lowest BCUT2D eigenvalue weighted by Crippen LogP contribution is -2.46. The second-order valence-electron chi connectivity index (χ2n) is 8.74. The van der Waals surface area contributed by atoms with Gasteiger partial charge < -0.3 is 9.64 Å². The standard InChI is InChI=1S/C26H30F3N3O2/c1-34-24-10-9-20-18-32(19-21(20)16-24)25(33)8-3-2-4-11-30-12-14-31(15-13-30)23-7-5-6-22(17-23)26(27,28)29/h5-7,9-10,16-19H,2-4,8,11-15H2,1H3. The molecule has 0 radical (unpaired) electrons. The van der Waals surface area contributed by atoms with Crippen LogP contribution in [0.3, 0.4) is 0 Å². The van der Waals surface area contributed by atoms with Crippen molar-refractivity contribution in [3.8, 4) is 5.75 Å². The van der Waals surface area contributed by atoms with Gasteiger partial charge in [0.15, 0.2) is 0 Å². The number of aromatic nitrogens is 1. The number of piperazine rings is 1. The van der Waals surface area contributed by atoms with E-state index in [0.717, 1.165) is 61.5 Å². The molecule has 3 aromatic rings. The van der Waals surface area contributed by atoms with Crippen LogP contribution >= 0.6 is 0 Å². The summed E-state index contributed by atoms with van der Waals surface area (Å²) < 4.78 is 45.8. The van der Waals surface area contributed by atoms with Gasteiger partial charge in [0.1, 0.15) is 5.75 Å². The predicted molar refractivity (Wildman–Crippen MR) is 128 cm³/mol. The highest BCUT2D eigenvalue weighted by Crippen LogP contribution is 2.32. The number of unbranched alkanes of at least 4 members (excludes halogenated alkanes) is 2. The first-order valence-electron chi connectivity index (χ1n) is 11.7. The van der Waals surface area contributed by atoms with Crippen molar-refractivity contribution in [1.82, 2.24) is 9.47 Å². The average Bonchev–Trinajstić information content (AvgIpc) is 3.27. The third kappa shape index (κ3) is 5.91. The molecule has 2 heterocycles. The summed E-state index contributed by atoms with van der Waals surface area (Å²) in [6, 6.07) is 11.3. The summed E-state index contributed by atoms with van der Waals surface area (Å²) in [5.41, 5.74) is 0.0267. The van der Waals surface area contributed by atoms with Gasteiger partial charge in [-0.15, -0.1) is 0 Å². The molecule has 0 bridgehead atoms. The summed E-state index contributed by atoms with van der Waals surface area (Å²) in [5, 5.41) is 2.00. The lowest BCUT2D eigenvalue weighted by molar-refractivity contribution is -0.137. The number of fused-ring (bicyclic) bond motifs is 1. The van der Waals surface area contributed by atoms with E-state index in [1.807, 2.05) is 35.5 Å². The predicted octanol–water partition coefficient (Wildman–Crippen LogP) is 5.69. The Kier molecular flexibility index (Phi) is 7.46. The number of methoxy groups -OCH3 is 1. The molecular weight excluding hydrogens is 443 g/mol. The molecule has 0 saturated carbocycles. The van der Waals surface area contributed by atoms with Crippen LogP contribution in [0.1, 0.15) is 36.0 Å². The third-order valence-corrected chi connectivity index (χ3v) is 6.41. The van der Waals surface area contributed by atoms with Gasteiger partial charge in [-0.25, -0.2) is 0 Å². The van der Waals surface area contributed by atoms with Gasteiger partial charge in [0.2, 0.25) is 5.91 Å². The number of benzene rings is 2. The van der Waals surface area contributed by atoms with E-state index in [2.05, 4.69) is 4.90 Å². The van der Waals surface area contributed by atoms with Crippen molar-refractivity contribution in [3.05, 3.63) is 60.4 Å². The molecule has 1 aliphatic rings. The molecule has 8 heteroatoms. The van der Waals surface area contributed by atoms with Crippen LogP contribution in [0.2, 0.25) is 0 Å². The van der Waals surface area contributed by atoms with E-state index in [-0.39, 0.29) is 5.91 Å². The van der Waals surface area contributed by atoms with Gasteiger partial charge in [-0.1, -0.05) is 12.5 Å². The van der Waals surface area contributed by atoms with Crippen molar-refractivity contribution in [2.45, 2.75) is 31.9 Å². The zero-order chi connectivity index (χ0) is 24.1. The van der Waals surface area contributed by atoms with Gasteiger partial charge in [0.25, 0.3) is 0 Å². The van der Waals surface area contributed by atoms with Crippen LogP contribution in [0.5, 0.6) is 5.75 Å². The highest BCUT2D eigenvalue weighted by Gasteiger charge is 2.31. The Morgan fingerprint density at radius 3 is 2.44 bits per heavy atom. The lowest BCUT2D eigenvalue weighted by atomic mass is 10.1. The minimum absolute atomic E-state index is 0.0878. The molecule has 34 heavy (non-hydrogen) atoms. The van der Waals surface area contributed by atoms with E-state index in [4.69, 9.17) is 4.74 Å². The van der Waals surface area contributed by atoms with E-state index in [9.17, 15) is 18.0 Å². The van der Waals surface area contributed by atoms with Crippen LogP contribution in [-0.2, 0) is 6.18 Å². The highest BCUT2D eigenvalue weighted by molar-refractivity contribution is 5.90. The van der Waals surface area contributed by atoms with E-state index in [1.165, 1.54) is 12.1 Å². The number of rotatable bonds is 8. The fourth-order valence-corrected chi connectivity index (χ4v) is 4.42. The zero-order valence-corrected chi connectivity index (χ0v) is 19.4. The zero-order valence-electron chi connectivity index (χ0n) is 19.4. The molecule has 4 rings (SSSR count). The second kappa shape index (κ2) is 10.5. The summed E-state index contributed by atoms with van der Waals surface area (Å²) >= 11 is 0. The van der Waals surface area contributed by atoms with Crippen LogP contribution in [0.4, 0.5) is 18.9 Å². The number of anilines is 1. The smallest absolute Gasteiger partial charge is 0.416 e. The molecule has 0 spiro atoms. The minimum Gasteiger partial charge on any atom is -0.497 e. The number of ether oxygens (including phenoxy) is 1. The molecule has 5 nitrogen and oxygen atoms in total. The SMILES string of the molecule is COc1ccc2cn(C(=O)CCCCCN3CCN(c4cccc(C(F)(F)F)c4)CC3)cc2c1. The largest absolute Gasteiger partial charge is 0.497 e. The van der Waals surface area contributed by atoms with Gasteiger partial charge in [-0.05, 0) is 55.8 Å². The molecule has 0 N–H and O–H groups in total. The van der Waals surface area contributed by atoms with Crippen molar-refractivity contribution >= 4 is 22.4 Å². The molecule has 1 aromatic heterocycles. The van der Waals surface area contributed by atoms with Crippen LogP contribution < -0.4 is 9.64 Å². The van der Waals surface area contributed by atoms with Crippen molar-refractivity contribution in [2.24, 2.45) is 0 Å². The van der Waals surface area contributed by atoms with Gasteiger partial charge in [-0.2, -0.15) is 13.2 Å². The number of halogens is 3. The molecule has 0 aliphatic carbocycles. The first kappa shape index (κ1) is 24.1. The summed E-state index contributed by atoms with van der Waals surface area (Å²) in [6.07, 6.45) is 2.70. The number of carbonyl (C=O) groups excluding carboxylic acids is 1. The molecule has 0 amide bonds. The Balaban J connectivity index is 1.16. The molecule has 1 aliphatic heterocycles. The number of carbonyl (C=O) groups is 1. The summed E-state index contributed by atoms with van der Waals surface area (Å²) in [4.78, 5) is 16.9. The van der Waals surface area contributed by atoms with E-state index in [0.29, 0.717) is 25.2 Å². The normalized spacial score (nSPS) is 15.1. The average molecular weight is 474 g/mol.